The molecule has 4 rings (SSSR count). The molecule has 2 aliphatic heterocycles. The number of rotatable bonds is 6. The molecule has 29 heavy (non-hydrogen) atoms. The third-order valence-electron chi connectivity index (χ3n) is 5.27. The molecular formula is C22H25N3O3S. The summed E-state index contributed by atoms with van der Waals surface area (Å²) >= 11 is 1.51. The van der Waals surface area contributed by atoms with E-state index in [1.165, 1.54) is 11.8 Å². The molecule has 0 bridgehead atoms. The molecule has 0 spiro atoms. The molecule has 2 aromatic carbocycles. The lowest BCUT2D eigenvalue weighted by molar-refractivity contribution is -0.121. The molecule has 2 aromatic rings. The van der Waals surface area contributed by atoms with Gasteiger partial charge in [-0.25, -0.2) is 0 Å². The molecule has 152 valence electrons. The molecule has 0 radical (unpaired) electrons. The number of nitrogens with zero attached hydrogens (tertiary/aromatic N) is 1. The summed E-state index contributed by atoms with van der Waals surface area (Å²) < 4.78 is 0. The number of amides is 2. The fourth-order valence-electron chi connectivity index (χ4n) is 3.83. The number of benzene rings is 2. The van der Waals surface area contributed by atoms with Crippen LogP contribution in [0.2, 0.25) is 0 Å². The van der Waals surface area contributed by atoms with Gasteiger partial charge in [-0.2, -0.15) is 0 Å². The zero-order chi connectivity index (χ0) is 20.2. The number of thioether (sulfide) groups is 1. The maximum absolute atomic E-state index is 12.8. The Morgan fingerprint density at radius 3 is 2.86 bits per heavy atom. The van der Waals surface area contributed by atoms with E-state index in [-0.39, 0.29) is 30.4 Å². The Kier molecular flexibility index (Phi) is 6.18. The summed E-state index contributed by atoms with van der Waals surface area (Å²) in [5.41, 5.74) is 2.70. The van der Waals surface area contributed by atoms with Crippen LogP contribution in [-0.2, 0) is 16.0 Å². The quantitative estimate of drug-likeness (QED) is 0.679. The van der Waals surface area contributed by atoms with Crippen molar-refractivity contribution < 1.29 is 14.7 Å². The highest BCUT2D eigenvalue weighted by Gasteiger charge is 2.25. The van der Waals surface area contributed by atoms with E-state index in [0.29, 0.717) is 18.8 Å². The van der Waals surface area contributed by atoms with Crippen molar-refractivity contribution >= 4 is 29.3 Å². The molecule has 2 atom stereocenters. The second-order valence-electron chi connectivity index (χ2n) is 7.58. The van der Waals surface area contributed by atoms with E-state index in [1.807, 2.05) is 48.5 Å². The maximum Gasteiger partial charge on any atom is 0.234 e. The van der Waals surface area contributed by atoms with Gasteiger partial charge in [-0.1, -0.05) is 36.4 Å². The van der Waals surface area contributed by atoms with Gasteiger partial charge in [-0.15, -0.1) is 11.8 Å². The average molecular weight is 412 g/mol. The van der Waals surface area contributed by atoms with Gasteiger partial charge in [-0.05, 0) is 29.7 Å². The first-order valence-electron chi connectivity index (χ1n) is 9.87. The summed E-state index contributed by atoms with van der Waals surface area (Å²) in [7, 11) is 0. The normalized spacial score (nSPS) is 20.0. The SMILES string of the molecule is O=C1CSc2ccc(CC(=O)N[C@H](CN3CC[C@H](O)C3)c3ccccc3)cc2N1. The first kappa shape index (κ1) is 19.9. The fourth-order valence-corrected chi connectivity index (χ4v) is 4.62. The van der Waals surface area contributed by atoms with Gasteiger partial charge in [0.1, 0.15) is 0 Å². The van der Waals surface area contributed by atoms with Crippen molar-refractivity contribution in [2.45, 2.75) is 29.9 Å². The number of hydrogen-bond acceptors (Lipinski definition) is 5. The van der Waals surface area contributed by atoms with Gasteiger partial charge in [0.2, 0.25) is 11.8 Å². The molecule has 0 aromatic heterocycles. The number of β-amino-alcohol motifs (C(OH)–C–C–N with tert-alkyl or cyclic N) is 1. The highest BCUT2D eigenvalue weighted by Crippen LogP contribution is 2.32. The average Bonchev–Trinajstić information content (AvgIpc) is 3.12. The molecular weight excluding hydrogens is 386 g/mol. The van der Waals surface area contributed by atoms with E-state index in [2.05, 4.69) is 15.5 Å². The summed E-state index contributed by atoms with van der Waals surface area (Å²) in [4.78, 5) is 27.6. The van der Waals surface area contributed by atoms with Crippen molar-refractivity contribution in [1.29, 1.82) is 0 Å². The molecule has 2 aliphatic rings. The van der Waals surface area contributed by atoms with Crippen molar-refractivity contribution in [3.8, 4) is 0 Å². The van der Waals surface area contributed by atoms with Crippen LogP contribution in [0.5, 0.6) is 0 Å². The highest BCUT2D eigenvalue weighted by atomic mass is 32.2. The smallest absolute Gasteiger partial charge is 0.234 e. The first-order chi connectivity index (χ1) is 14.1. The largest absolute Gasteiger partial charge is 0.392 e. The first-order valence-corrected chi connectivity index (χ1v) is 10.9. The molecule has 0 saturated carbocycles. The van der Waals surface area contributed by atoms with Crippen LogP contribution >= 0.6 is 11.8 Å². The molecule has 1 saturated heterocycles. The van der Waals surface area contributed by atoms with Crippen molar-refractivity contribution in [2.75, 3.05) is 30.7 Å². The second-order valence-corrected chi connectivity index (χ2v) is 8.59. The molecule has 0 aliphatic carbocycles. The number of carbonyl (C=O) groups is 2. The van der Waals surface area contributed by atoms with Gasteiger partial charge in [0.25, 0.3) is 0 Å². The summed E-state index contributed by atoms with van der Waals surface area (Å²) in [6.07, 6.45) is 0.736. The third-order valence-corrected chi connectivity index (χ3v) is 6.34. The number of aliphatic hydroxyl groups is 1. The summed E-state index contributed by atoms with van der Waals surface area (Å²) in [6.45, 7) is 2.15. The van der Waals surface area contributed by atoms with E-state index < -0.39 is 0 Å². The van der Waals surface area contributed by atoms with Crippen LogP contribution in [0.15, 0.2) is 53.4 Å². The van der Waals surface area contributed by atoms with Gasteiger partial charge in [0, 0.05) is 24.5 Å². The van der Waals surface area contributed by atoms with Gasteiger partial charge < -0.3 is 15.7 Å². The number of carbonyl (C=O) groups excluding carboxylic acids is 2. The van der Waals surface area contributed by atoms with Crippen LogP contribution < -0.4 is 10.6 Å². The highest BCUT2D eigenvalue weighted by molar-refractivity contribution is 8.00. The second kappa shape index (κ2) is 8.98. The minimum absolute atomic E-state index is 0.0129. The van der Waals surface area contributed by atoms with E-state index in [4.69, 9.17) is 0 Å². The van der Waals surface area contributed by atoms with Crippen LogP contribution in [0.4, 0.5) is 5.69 Å². The Labute approximate surface area is 174 Å². The lowest BCUT2D eigenvalue weighted by Crippen LogP contribution is -2.38. The number of aliphatic hydroxyl groups excluding tert-OH is 1. The van der Waals surface area contributed by atoms with Crippen LogP contribution in [0.1, 0.15) is 23.6 Å². The molecule has 0 unspecified atom stereocenters. The number of fused-ring (bicyclic) bond motifs is 1. The van der Waals surface area contributed by atoms with Crippen LogP contribution in [0.3, 0.4) is 0 Å². The minimum atomic E-state index is -0.286. The van der Waals surface area contributed by atoms with Crippen LogP contribution in [0.25, 0.3) is 0 Å². The molecule has 7 heteroatoms. The fraction of sp³-hybridized carbons (Fsp3) is 0.364. The Morgan fingerprint density at radius 2 is 2.10 bits per heavy atom. The zero-order valence-corrected chi connectivity index (χ0v) is 17.0. The number of likely N-dealkylation sites (tertiary alicyclic amines) is 1. The maximum atomic E-state index is 12.8. The third kappa shape index (κ3) is 5.18. The Hall–Kier alpha value is -2.35. The summed E-state index contributed by atoms with van der Waals surface area (Å²) in [5, 5.41) is 15.8. The predicted octanol–water partition coefficient (Wildman–Crippen LogP) is 2.20. The number of hydrogen-bond donors (Lipinski definition) is 3. The van der Waals surface area contributed by atoms with Crippen molar-refractivity contribution in [1.82, 2.24) is 10.2 Å². The molecule has 2 heterocycles. The lowest BCUT2D eigenvalue weighted by atomic mass is 10.1. The Bertz CT molecular complexity index is 890. The molecule has 3 N–H and O–H groups in total. The van der Waals surface area contributed by atoms with Crippen LogP contribution in [-0.4, -0.2) is 53.3 Å². The molecule has 6 nitrogen and oxygen atoms in total. The number of nitrogens with one attached hydrogen (secondary N) is 2. The monoisotopic (exact) mass is 411 g/mol. The van der Waals surface area contributed by atoms with Gasteiger partial charge in [0.05, 0.1) is 30.0 Å². The Morgan fingerprint density at radius 1 is 1.28 bits per heavy atom. The molecule has 1 fully saturated rings. The predicted molar refractivity (Wildman–Crippen MR) is 114 cm³/mol. The number of anilines is 1. The minimum Gasteiger partial charge on any atom is -0.392 e. The van der Waals surface area contributed by atoms with Crippen molar-refractivity contribution in [3.63, 3.8) is 0 Å². The van der Waals surface area contributed by atoms with E-state index in [0.717, 1.165) is 34.7 Å². The van der Waals surface area contributed by atoms with Crippen LogP contribution in [0, 0.1) is 0 Å². The van der Waals surface area contributed by atoms with E-state index >= 15 is 0 Å². The zero-order valence-electron chi connectivity index (χ0n) is 16.1. The summed E-state index contributed by atoms with van der Waals surface area (Å²) in [5.74, 6) is 0.353. The Balaban J connectivity index is 1.43. The summed E-state index contributed by atoms with van der Waals surface area (Å²) in [6, 6.07) is 15.6. The van der Waals surface area contributed by atoms with Gasteiger partial charge in [0.15, 0.2) is 0 Å². The molecule has 2 amide bonds. The lowest BCUT2D eigenvalue weighted by Gasteiger charge is -2.25. The van der Waals surface area contributed by atoms with Gasteiger partial charge >= 0.3 is 0 Å². The van der Waals surface area contributed by atoms with Crippen molar-refractivity contribution in [3.05, 3.63) is 59.7 Å². The van der Waals surface area contributed by atoms with E-state index in [1.54, 1.807) is 0 Å². The standard InChI is InChI=1S/C22H25N3O3S/c26-17-8-9-25(12-17)13-19(16-4-2-1-3-5-16)24-21(27)11-15-6-7-20-18(10-15)23-22(28)14-29-20/h1-7,10,17,19,26H,8-9,11-14H2,(H,23,28)(H,24,27)/t17-,19+/m0/s1. The topological polar surface area (TPSA) is 81.7 Å². The van der Waals surface area contributed by atoms with Crippen molar-refractivity contribution in [2.24, 2.45) is 0 Å². The van der Waals surface area contributed by atoms with E-state index in [9.17, 15) is 14.7 Å². The van der Waals surface area contributed by atoms with Gasteiger partial charge in [-0.3, -0.25) is 14.5 Å².